The van der Waals surface area contributed by atoms with Gasteiger partial charge in [0.1, 0.15) is 10.5 Å². The van der Waals surface area contributed by atoms with E-state index in [1.54, 1.807) is 0 Å². The molecule has 1 heterocycles. The molecule has 0 unspecified atom stereocenters. The zero-order chi connectivity index (χ0) is 10.8. The molecule has 1 aliphatic heterocycles. The van der Waals surface area contributed by atoms with Crippen LogP contribution in [-0.2, 0) is 13.7 Å². The fourth-order valence-electron chi connectivity index (χ4n) is 1.23. The summed E-state index contributed by atoms with van der Waals surface area (Å²) >= 11 is 0. The first-order valence-corrected chi connectivity index (χ1v) is 5.72. The van der Waals surface area contributed by atoms with Gasteiger partial charge >= 0.3 is 7.12 Å². The number of hydrogen-bond donors (Lipinski definition) is 0. The van der Waals surface area contributed by atoms with Crippen LogP contribution < -0.4 is 0 Å². The second-order valence-electron chi connectivity index (χ2n) is 4.51. The van der Waals surface area contributed by atoms with E-state index in [1.807, 2.05) is 39.7 Å². The molecule has 80 valence electrons. The van der Waals surface area contributed by atoms with Gasteiger partial charge in [-0.1, -0.05) is 12.1 Å². The predicted octanol–water partition coefficient (Wildman–Crippen LogP) is 0.471. The lowest BCUT2D eigenvalue weighted by atomic mass is 9.90. The van der Waals surface area contributed by atoms with Crippen molar-refractivity contribution < 1.29 is 13.7 Å². The lowest BCUT2D eigenvalue weighted by molar-refractivity contribution is 0.00578. The molecular weight excluding hydrogens is 195 g/mol. The Bertz CT molecular complexity index is 212. The minimum absolute atomic E-state index is 0.239. The van der Waals surface area contributed by atoms with Gasteiger partial charge in [0, 0.05) is 0 Å². The Hall–Kier alpha value is -0.0982. The van der Waals surface area contributed by atoms with Crippen molar-refractivity contribution in [3.63, 3.8) is 0 Å². The summed E-state index contributed by atoms with van der Waals surface area (Å²) in [5, 5.41) is 0. The standard InChI is InChI=1S/C9H19BO3Si/c1-8(2)9(3,4)13-10(12-8)6-5-7-11-14/h5-6H,7H2,1-4,14H3/b6-5+. The third-order valence-corrected chi connectivity index (χ3v) is 3.16. The molecule has 5 heteroatoms. The minimum atomic E-state index is -0.246. The predicted molar refractivity (Wildman–Crippen MR) is 61.1 cm³/mol. The number of rotatable bonds is 3. The first kappa shape index (κ1) is 12.0. The molecule has 0 radical (unpaired) electrons. The Kier molecular flexibility index (Phi) is 3.58. The highest BCUT2D eigenvalue weighted by atomic mass is 28.2. The molecule has 0 atom stereocenters. The van der Waals surface area contributed by atoms with Crippen LogP contribution in [0.4, 0.5) is 0 Å². The van der Waals surface area contributed by atoms with Crippen molar-refractivity contribution in [2.45, 2.75) is 38.9 Å². The third-order valence-electron chi connectivity index (χ3n) is 2.83. The van der Waals surface area contributed by atoms with Crippen LogP contribution in [0.15, 0.2) is 12.1 Å². The van der Waals surface area contributed by atoms with Gasteiger partial charge in [-0.25, -0.2) is 0 Å². The molecule has 0 spiro atoms. The average Bonchev–Trinajstić information content (AvgIpc) is 2.21. The molecule has 1 saturated heterocycles. The van der Waals surface area contributed by atoms with Crippen molar-refractivity contribution in [3.05, 3.63) is 12.1 Å². The first-order chi connectivity index (χ1) is 6.39. The van der Waals surface area contributed by atoms with E-state index in [4.69, 9.17) is 13.7 Å². The smallest absolute Gasteiger partial charge is 0.424 e. The molecule has 0 N–H and O–H groups in total. The van der Waals surface area contributed by atoms with E-state index in [0.717, 1.165) is 10.5 Å². The van der Waals surface area contributed by atoms with Crippen LogP contribution in [0.5, 0.6) is 0 Å². The lowest BCUT2D eigenvalue weighted by Gasteiger charge is -2.32. The summed E-state index contributed by atoms with van der Waals surface area (Å²) < 4.78 is 16.6. The van der Waals surface area contributed by atoms with Gasteiger partial charge in [-0.3, -0.25) is 0 Å². The van der Waals surface area contributed by atoms with Crippen LogP contribution >= 0.6 is 0 Å². The highest BCUT2D eigenvalue weighted by molar-refractivity contribution is 6.51. The van der Waals surface area contributed by atoms with Crippen LogP contribution in [0.2, 0.25) is 0 Å². The molecule has 0 aliphatic carbocycles. The summed E-state index contributed by atoms with van der Waals surface area (Å²) in [5.41, 5.74) is -0.492. The van der Waals surface area contributed by atoms with Crippen LogP contribution in [0.1, 0.15) is 27.7 Å². The van der Waals surface area contributed by atoms with E-state index in [0.29, 0.717) is 6.61 Å². The number of hydrogen-bond acceptors (Lipinski definition) is 3. The quantitative estimate of drug-likeness (QED) is 0.639. The van der Waals surface area contributed by atoms with E-state index < -0.39 is 0 Å². The Morgan fingerprint density at radius 3 is 2.14 bits per heavy atom. The van der Waals surface area contributed by atoms with Crippen LogP contribution in [0.25, 0.3) is 0 Å². The van der Waals surface area contributed by atoms with Crippen LogP contribution in [0.3, 0.4) is 0 Å². The summed E-state index contributed by atoms with van der Waals surface area (Å²) in [6.45, 7) is 8.83. The van der Waals surface area contributed by atoms with E-state index in [2.05, 4.69) is 0 Å². The summed E-state index contributed by atoms with van der Waals surface area (Å²) in [5.74, 6) is 1.91. The van der Waals surface area contributed by atoms with Crippen LogP contribution in [-0.4, -0.2) is 35.4 Å². The monoisotopic (exact) mass is 214 g/mol. The lowest BCUT2D eigenvalue weighted by Crippen LogP contribution is -2.41. The normalized spacial score (nSPS) is 25.0. The Morgan fingerprint density at radius 1 is 1.21 bits per heavy atom. The minimum Gasteiger partial charge on any atom is -0.424 e. The van der Waals surface area contributed by atoms with Gasteiger partial charge in [0.15, 0.2) is 0 Å². The highest BCUT2D eigenvalue weighted by Gasteiger charge is 2.49. The maximum absolute atomic E-state index is 5.76. The van der Waals surface area contributed by atoms with Crippen molar-refractivity contribution >= 4 is 17.6 Å². The Morgan fingerprint density at radius 2 is 1.71 bits per heavy atom. The maximum Gasteiger partial charge on any atom is 0.486 e. The summed E-state index contributed by atoms with van der Waals surface area (Å²) in [6.07, 6.45) is 1.94. The van der Waals surface area contributed by atoms with Crippen LogP contribution in [0, 0.1) is 0 Å². The van der Waals surface area contributed by atoms with Gasteiger partial charge in [-0.05, 0) is 27.7 Å². The molecule has 3 nitrogen and oxygen atoms in total. The van der Waals surface area contributed by atoms with Gasteiger partial charge in [0.05, 0.1) is 17.8 Å². The molecular formula is C9H19BO3Si. The van der Waals surface area contributed by atoms with Gasteiger partial charge in [-0.2, -0.15) is 0 Å². The topological polar surface area (TPSA) is 27.7 Å². The molecule has 0 aromatic heterocycles. The summed E-state index contributed by atoms with van der Waals surface area (Å²) in [7, 11) is 0.526. The van der Waals surface area contributed by atoms with Gasteiger partial charge < -0.3 is 13.7 Å². The third kappa shape index (κ3) is 2.48. The fourth-order valence-corrected chi connectivity index (χ4v) is 1.42. The molecule has 0 aromatic rings. The van der Waals surface area contributed by atoms with E-state index in [1.165, 1.54) is 0 Å². The molecule has 0 saturated carbocycles. The molecule has 1 rings (SSSR count). The average molecular weight is 214 g/mol. The Labute approximate surface area is 89.5 Å². The zero-order valence-corrected chi connectivity index (χ0v) is 11.7. The molecule has 0 amide bonds. The van der Waals surface area contributed by atoms with Crippen molar-refractivity contribution in [1.82, 2.24) is 0 Å². The fraction of sp³-hybridized carbons (Fsp3) is 0.778. The maximum atomic E-state index is 5.76. The SMILES string of the molecule is CC1(C)OB(/C=C/CO[SiH3])OC1(C)C. The second kappa shape index (κ2) is 4.18. The molecule has 0 bridgehead atoms. The summed E-state index contributed by atoms with van der Waals surface area (Å²) in [4.78, 5) is 0. The van der Waals surface area contributed by atoms with Gasteiger partial charge in [0.25, 0.3) is 0 Å². The molecule has 14 heavy (non-hydrogen) atoms. The zero-order valence-electron chi connectivity index (χ0n) is 9.66. The van der Waals surface area contributed by atoms with Crippen molar-refractivity contribution in [2.75, 3.05) is 6.61 Å². The first-order valence-electron chi connectivity index (χ1n) is 4.90. The van der Waals surface area contributed by atoms with Gasteiger partial charge in [-0.15, -0.1) is 0 Å². The molecule has 1 fully saturated rings. The van der Waals surface area contributed by atoms with E-state index in [-0.39, 0.29) is 18.3 Å². The Balaban J connectivity index is 2.55. The van der Waals surface area contributed by atoms with Crippen molar-refractivity contribution in [2.24, 2.45) is 0 Å². The van der Waals surface area contributed by atoms with E-state index in [9.17, 15) is 0 Å². The summed E-state index contributed by atoms with van der Waals surface area (Å²) in [6, 6.07) is 0. The molecule has 1 aliphatic rings. The van der Waals surface area contributed by atoms with E-state index >= 15 is 0 Å². The molecule has 0 aromatic carbocycles. The van der Waals surface area contributed by atoms with Gasteiger partial charge in [0.2, 0.25) is 0 Å². The second-order valence-corrected chi connectivity index (χ2v) is 5.09. The largest absolute Gasteiger partial charge is 0.486 e. The van der Waals surface area contributed by atoms with Crippen molar-refractivity contribution in [3.8, 4) is 0 Å². The van der Waals surface area contributed by atoms with Crippen molar-refractivity contribution in [1.29, 1.82) is 0 Å². The highest BCUT2D eigenvalue weighted by Crippen LogP contribution is 2.36.